The van der Waals surface area contributed by atoms with Gasteiger partial charge in [-0.1, -0.05) is 24.0 Å². The zero-order valence-electron chi connectivity index (χ0n) is 11.4. The topological polar surface area (TPSA) is 81.4 Å². The van der Waals surface area contributed by atoms with Crippen molar-refractivity contribution < 1.29 is 13.5 Å². The van der Waals surface area contributed by atoms with Gasteiger partial charge in [0, 0.05) is 19.2 Å². The van der Waals surface area contributed by atoms with Crippen molar-refractivity contribution in [1.82, 2.24) is 4.31 Å². The van der Waals surface area contributed by atoms with Crippen LogP contribution in [0.4, 0.5) is 0 Å². The molecule has 106 valence electrons. The number of rotatable bonds is 4. The van der Waals surface area contributed by atoms with Crippen molar-refractivity contribution in [2.45, 2.75) is 18.7 Å². The first-order valence-corrected chi connectivity index (χ1v) is 7.45. The molecular weight excluding hydrogens is 276 g/mol. The number of hydrogen-bond acceptors (Lipinski definition) is 4. The Morgan fingerprint density at radius 2 is 2.15 bits per heavy atom. The number of aliphatic hydroxyl groups excluding tert-OH is 1. The van der Waals surface area contributed by atoms with E-state index in [0.717, 1.165) is 9.87 Å². The lowest BCUT2D eigenvalue weighted by Crippen LogP contribution is -2.33. The highest BCUT2D eigenvalue weighted by Crippen LogP contribution is 2.12. The second-order valence-corrected chi connectivity index (χ2v) is 6.59. The minimum Gasteiger partial charge on any atom is -0.384 e. The second kappa shape index (κ2) is 7.06. The Kier molecular flexibility index (Phi) is 5.72. The van der Waals surface area contributed by atoms with Crippen LogP contribution in [-0.4, -0.2) is 36.7 Å². The van der Waals surface area contributed by atoms with Crippen LogP contribution in [0.2, 0.25) is 0 Å². The monoisotopic (exact) mass is 292 g/mol. The number of aliphatic hydroxyl groups is 1. The molecule has 0 saturated carbocycles. The zero-order chi connectivity index (χ0) is 15.2. The molecule has 0 heterocycles. The van der Waals surface area contributed by atoms with Crippen LogP contribution < -0.4 is 0 Å². The van der Waals surface area contributed by atoms with Crippen molar-refractivity contribution in [2.75, 3.05) is 13.7 Å². The van der Waals surface area contributed by atoms with Crippen LogP contribution in [0.15, 0.2) is 24.3 Å². The molecule has 0 spiro atoms. The summed E-state index contributed by atoms with van der Waals surface area (Å²) < 4.78 is 25.1. The van der Waals surface area contributed by atoms with Crippen molar-refractivity contribution in [3.63, 3.8) is 0 Å². The normalized spacial score (nSPS) is 12.3. The molecule has 1 N–H and O–H groups in total. The molecular formula is C14H16N2O3S. The maximum Gasteiger partial charge on any atom is 0.230 e. The van der Waals surface area contributed by atoms with Crippen molar-refractivity contribution in [3.05, 3.63) is 35.4 Å². The molecule has 0 bridgehead atoms. The third kappa shape index (κ3) is 4.07. The molecule has 1 aromatic carbocycles. The van der Waals surface area contributed by atoms with Crippen LogP contribution in [0, 0.1) is 23.2 Å². The molecule has 1 atom stereocenters. The summed E-state index contributed by atoms with van der Waals surface area (Å²) >= 11 is 0. The zero-order valence-corrected chi connectivity index (χ0v) is 12.2. The van der Waals surface area contributed by atoms with Gasteiger partial charge in [-0.2, -0.15) is 9.57 Å². The van der Waals surface area contributed by atoms with E-state index >= 15 is 0 Å². The number of benzene rings is 1. The fraction of sp³-hybridized carbons (Fsp3) is 0.357. The summed E-state index contributed by atoms with van der Waals surface area (Å²) in [7, 11) is -2.18. The quantitative estimate of drug-likeness (QED) is 0.828. The Morgan fingerprint density at radius 3 is 2.75 bits per heavy atom. The van der Waals surface area contributed by atoms with Gasteiger partial charge in [0.15, 0.2) is 5.25 Å². The predicted molar refractivity (Wildman–Crippen MR) is 75.9 cm³/mol. The molecule has 0 aliphatic rings. The van der Waals surface area contributed by atoms with E-state index in [1.807, 2.05) is 0 Å². The molecule has 5 nitrogen and oxygen atoms in total. The van der Waals surface area contributed by atoms with Crippen LogP contribution in [0.25, 0.3) is 0 Å². The minimum absolute atomic E-state index is 0.170. The van der Waals surface area contributed by atoms with E-state index in [1.165, 1.54) is 14.0 Å². The molecule has 0 aromatic heterocycles. The molecule has 1 aromatic rings. The van der Waals surface area contributed by atoms with E-state index < -0.39 is 15.3 Å². The largest absolute Gasteiger partial charge is 0.384 e. The smallest absolute Gasteiger partial charge is 0.230 e. The summed E-state index contributed by atoms with van der Waals surface area (Å²) in [6, 6.07) is 8.82. The Balaban J connectivity index is 2.92. The maximum absolute atomic E-state index is 12.0. The van der Waals surface area contributed by atoms with Gasteiger partial charge in [0.2, 0.25) is 10.0 Å². The summed E-state index contributed by atoms with van der Waals surface area (Å²) in [6.07, 6.45) is 0. The molecule has 1 unspecified atom stereocenters. The average Bonchev–Trinajstić information content (AvgIpc) is 2.44. The van der Waals surface area contributed by atoms with Gasteiger partial charge in [-0.05, 0) is 24.6 Å². The predicted octanol–water partition coefficient (Wildman–Crippen LogP) is 0.704. The first-order chi connectivity index (χ1) is 9.41. The summed E-state index contributed by atoms with van der Waals surface area (Å²) in [5, 5.41) is 16.3. The van der Waals surface area contributed by atoms with E-state index in [1.54, 1.807) is 30.3 Å². The van der Waals surface area contributed by atoms with Gasteiger partial charge in [-0.25, -0.2) is 8.42 Å². The van der Waals surface area contributed by atoms with Gasteiger partial charge in [0.25, 0.3) is 0 Å². The van der Waals surface area contributed by atoms with Crippen LogP contribution >= 0.6 is 0 Å². The minimum atomic E-state index is -3.62. The van der Waals surface area contributed by atoms with Crippen LogP contribution in [0.3, 0.4) is 0 Å². The fourth-order valence-electron chi connectivity index (χ4n) is 1.57. The summed E-state index contributed by atoms with van der Waals surface area (Å²) in [6.45, 7) is 1.30. The molecule has 0 radical (unpaired) electrons. The van der Waals surface area contributed by atoms with Gasteiger partial charge in [0.1, 0.15) is 6.61 Å². The van der Waals surface area contributed by atoms with Crippen LogP contribution in [0.1, 0.15) is 18.1 Å². The highest BCUT2D eigenvalue weighted by atomic mass is 32.2. The van der Waals surface area contributed by atoms with Gasteiger partial charge in [-0.3, -0.25) is 0 Å². The van der Waals surface area contributed by atoms with Crippen LogP contribution in [0.5, 0.6) is 0 Å². The van der Waals surface area contributed by atoms with Crippen molar-refractivity contribution in [1.29, 1.82) is 5.26 Å². The summed E-state index contributed by atoms with van der Waals surface area (Å²) in [5.74, 6) is 5.29. The lowest BCUT2D eigenvalue weighted by molar-refractivity contribution is 0.350. The van der Waals surface area contributed by atoms with E-state index in [9.17, 15) is 8.42 Å². The van der Waals surface area contributed by atoms with Gasteiger partial charge in [0.05, 0.1) is 6.07 Å². The van der Waals surface area contributed by atoms with Gasteiger partial charge < -0.3 is 5.11 Å². The van der Waals surface area contributed by atoms with Gasteiger partial charge in [-0.15, -0.1) is 0 Å². The lowest BCUT2D eigenvalue weighted by Gasteiger charge is -2.18. The fourth-order valence-corrected chi connectivity index (χ4v) is 2.57. The Labute approximate surface area is 119 Å². The molecule has 20 heavy (non-hydrogen) atoms. The molecule has 0 fully saturated rings. The van der Waals surface area contributed by atoms with Crippen LogP contribution in [-0.2, 0) is 16.6 Å². The lowest BCUT2D eigenvalue weighted by atomic mass is 10.1. The highest BCUT2D eigenvalue weighted by Gasteiger charge is 2.25. The number of sulfonamides is 1. The third-order valence-corrected chi connectivity index (χ3v) is 4.70. The van der Waals surface area contributed by atoms with E-state index in [0.29, 0.717) is 5.56 Å². The Morgan fingerprint density at radius 1 is 1.45 bits per heavy atom. The summed E-state index contributed by atoms with van der Waals surface area (Å²) in [5.41, 5.74) is 1.47. The SMILES string of the molecule is CC(C#N)S(=O)(=O)N(C)Cc1cccc(C#CCO)c1. The number of nitriles is 1. The maximum atomic E-state index is 12.0. The first-order valence-electron chi connectivity index (χ1n) is 5.95. The van der Waals surface area contributed by atoms with Gasteiger partial charge >= 0.3 is 0 Å². The highest BCUT2D eigenvalue weighted by molar-refractivity contribution is 7.89. The molecule has 0 amide bonds. The first kappa shape index (κ1) is 16.2. The Bertz CT molecular complexity index is 666. The second-order valence-electron chi connectivity index (χ2n) is 4.23. The molecule has 0 aliphatic carbocycles. The standard InChI is InChI=1S/C14H16N2O3S/c1-12(10-15)20(18,19)16(2)11-14-6-3-5-13(9-14)7-4-8-17/h3,5-6,9,12,17H,8,11H2,1-2H3. The van der Waals surface area contributed by atoms with E-state index in [4.69, 9.17) is 10.4 Å². The Hall–Kier alpha value is -1.86. The van der Waals surface area contributed by atoms with E-state index in [2.05, 4.69) is 11.8 Å². The van der Waals surface area contributed by atoms with Crippen molar-refractivity contribution in [3.8, 4) is 17.9 Å². The van der Waals surface area contributed by atoms with E-state index in [-0.39, 0.29) is 13.2 Å². The molecule has 0 aliphatic heterocycles. The molecule has 0 saturated heterocycles. The molecule has 6 heteroatoms. The third-order valence-electron chi connectivity index (χ3n) is 2.71. The van der Waals surface area contributed by atoms with Crippen molar-refractivity contribution in [2.24, 2.45) is 0 Å². The molecule has 1 rings (SSSR count). The summed E-state index contributed by atoms with van der Waals surface area (Å²) in [4.78, 5) is 0. The number of hydrogen-bond donors (Lipinski definition) is 1. The van der Waals surface area contributed by atoms with Crippen molar-refractivity contribution >= 4 is 10.0 Å². The number of nitrogens with zero attached hydrogens (tertiary/aromatic N) is 2. The average molecular weight is 292 g/mol.